The molecule has 0 unspecified atom stereocenters. The fourth-order valence-electron chi connectivity index (χ4n) is 9.85. The highest BCUT2D eigenvalue weighted by Crippen LogP contribution is 2.42. The maximum atomic E-state index is 9.70. The maximum Gasteiger partial charge on any atom is 0.179 e. The molecular weight excluding hydrogens is 777 g/mol. The third-order valence-electron chi connectivity index (χ3n) is 12.4. The van der Waals surface area contributed by atoms with E-state index in [1.54, 1.807) is 0 Å². The van der Waals surface area contributed by atoms with Gasteiger partial charge in [-0.3, -0.25) is 0 Å². The summed E-state index contributed by atoms with van der Waals surface area (Å²) >= 11 is 0. The lowest BCUT2D eigenvalue weighted by molar-refractivity contribution is 1.17. The summed E-state index contributed by atoms with van der Waals surface area (Å²) in [7, 11) is -3.59. The Labute approximate surface area is 382 Å². The fourth-order valence-corrected chi connectivity index (χ4v) is 14.6. The lowest BCUT2D eigenvalue weighted by atomic mass is 9.95. The molecule has 0 aliphatic carbocycles. The molecule has 2 aromatic heterocycles. The summed E-state index contributed by atoms with van der Waals surface area (Å²) in [5.74, 6) is 0. The van der Waals surface area contributed by atoms with Crippen molar-refractivity contribution in [1.29, 1.82) is 0 Å². The van der Waals surface area contributed by atoms with Gasteiger partial charge in [-0.25, -0.2) is 0 Å². The van der Waals surface area contributed by atoms with Crippen LogP contribution in [-0.2, 0) is 0 Å². The van der Waals surface area contributed by atoms with Gasteiger partial charge in [-0.2, -0.15) is 0 Å². The van der Waals surface area contributed by atoms with E-state index in [-0.39, 0.29) is 27.9 Å². The molecule has 2 heterocycles. The van der Waals surface area contributed by atoms with E-state index >= 15 is 0 Å². The van der Waals surface area contributed by atoms with E-state index in [0.29, 0.717) is 16.2 Å². The Morgan fingerprint density at radius 3 is 1.16 bits per heavy atom. The Balaban J connectivity index is 1.32. The number of rotatable bonds is 8. The first-order chi connectivity index (χ1) is 35.4. The van der Waals surface area contributed by atoms with Crippen LogP contribution in [0.2, 0.25) is 0 Å². The van der Waals surface area contributed by atoms with Crippen molar-refractivity contribution in [3.63, 3.8) is 0 Å². The molecular formula is C60H42N2Si. The molecule has 0 spiro atoms. The van der Waals surface area contributed by atoms with E-state index in [2.05, 4.69) is 71.3 Å². The largest absolute Gasteiger partial charge is 0.309 e. The van der Waals surface area contributed by atoms with Crippen LogP contribution in [0.25, 0.3) is 77.2 Å². The normalized spacial score (nSPS) is 14.0. The molecule has 3 heteroatoms. The van der Waals surface area contributed by atoms with Gasteiger partial charge in [0.05, 0.1) is 41.5 Å². The molecule has 0 bridgehead atoms. The van der Waals surface area contributed by atoms with Gasteiger partial charge >= 0.3 is 0 Å². The minimum atomic E-state index is -3.59. The van der Waals surface area contributed by atoms with Gasteiger partial charge in [0.15, 0.2) is 8.07 Å². The molecule has 296 valence electrons. The predicted molar refractivity (Wildman–Crippen MR) is 270 cm³/mol. The quantitative estimate of drug-likeness (QED) is 0.107. The van der Waals surface area contributed by atoms with Crippen LogP contribution in [0.4, 0.5) is 0 Å². The van der Waals surface area contributed by atoms with E-state index in [0.717, 1.165) is 53.8 Å². The third-order valence-corrected chi connectivity index (χ3v) is 17.2. The lowest BCUT2D eigenvalue weighted by Crippen LogP contribution is -2.74. The third kappa shape index (κ3) is 5.85. The van der Waals surface area contributed by atoms with E-state index in [4.69, 9.17) is 8.22 Å². The SMILES string of the molecule is [2H]c1c([2H])c([2H])c(-c2cc([Si](c3ccccc3)(c3ccccc3)c3ccccc3)cc(-c3c([2H])c([2H])c([2H])c([2H])c3[2H])c2-n2c3ccccc3c3cc(-n4c5ccccc5c5ccccc54)ccc32)c([2H])c1[2H]. The number of aromatic nitrogens is 2. The molecule has 0 fully saturated rings. The first kappa shape index (κ1) is 27.8. The van der Waals surface area contributed by atoms with E-state index in [1.807, 2.05) is 132 Å². The van der Waals surface area contributed by atoms with Gasteiger partial charge < -0.3 is 9.13 Å². The molecule has 12 rings (SSSR count). The number of fused-ring (bicyclic) bond motifs is 6. The van der Waals surface area contributed by atoms with Gasteiger partial charge in [-0.1, -0.05) is 218 Å². The molecule has 2 nitrogen and oxygen atoms in total. The number of nitrogens with zero attached hydrogens (tertiary/aromatic N) is 2. The van der Waals surface area contributed by atoms with Crippen LogP contribution in [-0.4, -0.2) is 17.2 Å². The van der Waals surface area contributed by atoms with Crippen molar-refractivity contribution >= 4 is 72.4 Å². The summed E-state index contributed by atoms with van der Waals surface area (Å²) < 4.78 is 97.0. The van der Waals surface area contributed by atoms with Crippen LogP contribution in [0, 0.1) is 0 Å². The summed E-state index contributed by atoms with van der Waals surface area (Å²) in [5, 5.41) is 7.47. The number of benzene rings is 10. The second kappa shape index (κ2) is 15.2. The zero-order valence-electron chi connectivity index (χ0n) is 43.9. The number of para-hydroxylation sites is 3. The van der Waals surface area contributed by atoms with Crippen LogP contribution >= 0.6 is 0 Å². The Kier molecular flexibility index (Phi) is 6.69. The topological polar surface area (TPSA) is 9.86 Å². The fraction of sp³-hybridized carbons (Fsp3) is 0. The van der Waals surface area contributed by atoms with E-state index in [9.17, 15) is 5.48 Å². The zero-order valence-corrected chi connectivity index (χ0v) is 34.9. The summed E-state index contributed by atoms with van der Waals surface area (Å²) in [6, 6.07) is 59.6. The highest BCUT2D eigenvalue weighted by atomic mass is 28.3. The van der Waals surface area contributed by atoms with Crippen LogP contribution in [0.15, 0.2) is 255 Å². The van der Waals surface area contributed by atoms with Crippen molar-refractivity contribution in [2.24, 2.45) is 0 Å². The van der Waals surface area contributed by atoms with Crippen LogP contribution in [0.3, 0.4) is 0 Å². The Hall–Kier alpha value is -7.98. The number of hydrogen-bond donors (Lipinski definition) is 0. The van der Waals surface area contributed by atoms with Crippen molar-refractivity contribution in [2.75, 3.05) is 0 Å². The summed E-state index contributed by atoms with van der Waals surface area (Å²) in [6.45, 7) is 0. The Bertz CT molecular complexity index is 3910. The average Bonchev–Trinajstić information content (AvgIpc) is 3.94. The molecule has 0 amide bonds. The van der Waals surface area contributed by atoms with Gasteiger partial charge in [0, 0.05) is 38.4 Å². The summed E-state index contributed by atoms with van der Waals surface area (Å²) in [4.78, 5) is 0. The van der Waals surface area contributed by atoms with Gasteiger partial charge in [0.1, 0.15) is 0 Å². The zero-order chi connectivity index (χ0) is 50.4. The second-order valence-corrected chi connectivity index (χ2v) is 19.5. The highest BCUT2D eigenvalue weighted by molar-refractivity contribution is 7.20. The van der Waals surface area contributed by atoms with Crippen molar-refractivity contribution in [3.8, 4) is 33.6 Å². The molecule has 0 aliphatic rings. The maximum absolute atomic E-state index is 9.70. The first-order valence-electron chi connectivity index (χ1n) is 25.9. The molecule has 12 aromatic rings. The Morgan fingerprint density at radius 1 is 0.317 bits per heavy atom. The molecule has 0 radical (unpaired) electrons. The average molecular weight is 829 g/mol. The monoisotopic (exact) mass is 828 g/mol. The van der Waals surface area contributed by atoms with Crippen LogP contribution in [0.5, 0.6) is 0 Å². The molecule has 0 N–H and O–H groups in total. The van der Waals surface area contributed by atoms with Crippen LogP contribution in [0.1, 0.15) is 13.7 Å². The first-order valence-corrected chi connectivity index (χ1v) is 22.9. The van der Waals surface area contributed by atoms with Crippen molar-refractivity contribution < 1.29 is 13.7 Å². The van der Waals surface area contributed by atoms with Gasteiger partial charge in [-0.15, -0.1) is 0 Å². The molecule has 0 aliphatic heterocycles. The summed E-state index contributed by atoms with van der Waals surface area (Å²) in [6.07, 6.45) is 0. The molecule has 0 saturated carbocycles. The minimum Gasteiger partial charge on any atom is -0.309 e. The lowest BCUT2D eigenvalue weighted by Gasteiger charge is -2.36. The Morgan fingerprint density at radius 2 is 0.698 bits per heavy atom. The minimum absolute atomic E-state index is 0.0959. The highest BCUT2D eigenvalue weighted by Gasteiger charge is 2.42. The van der Waals surface area contributed by atoms with Gasteiger partial charge in [0.2, 0.25) is 0 Å². The van der Waals surface area contributed by atoms with Crippen LogP contribution < -0.4 is 20.7 Å². The molecule has 0 saturated heterocycles. The standard InChI is InChI=1S/C60H42N2Si/c1-6-22-43(23-7-1)53-41-49(63(46-26-10-3-11-27-46,47-28-12-4-13-29-47)48-30-14-5-15-31-48)42-54(44-24-8-2-9-25-44)60(53)62-58-37-21-18-34-52(58)55-40-45(38-39-59(55)62)61-56-35-19-16-32-50(56)51-33-17-20-36-57(51)61/h1-42H/i1D,2D,6D,7D,8D,9D,22D,23D,24D,25D. The molecule has 10 aromatic carbocycles. The summed E-state index contributed by atoms with van der Waals surface area (Å²) in [5.41, 5.74) is 4.85. The van der Waals surface area contributed by atoms with Crippen molar-refractivity contribution in [2.45, 2.75) is 0 Å². The van der Waals surface area contributed by atoms with Crippen molar-refractivity contribution in [3.05, 3.63) is 255 Å². The van der Waals surface area contributed by atoms with Crippen molar-refractivity contribution in [1.82, 2.24) is 9.13 Å². The van der Waals surface area contributed by atoms with E-state index < -0.39 is 68.5 Å². The smallest absolute Gasteiger partial charge is 0.179 e. The predicted octanol–water partition coefficient (Wildman–Crippen LogP) is 12.6. The molecule has 63 heavy (non-hydrogen) atoms. The number of hydrogen-bond acceptors (Lipinski definition) is 0. The van der Waals surface area contributed by atoms with Gasteiger partial charge in [0.25, 0.3) is 0 Å². The van der Waals surface area contributed by atoms with Gasteiger partial charge in [-0.05, 0) is 68.3 Å². The van der Waals surface area contributed by atoms with E-state index in [1.165, 1.54) is 0 Å². The molecule has 0 atom stereocenters. The second-order valence-electron chi connectivity index (χ2n) is 15.7.